The van der Waals surface area contributed by atoms with Gasteiger partial charge in [0.1, 0.15) is 0 Å². The maximum Gasteiger partial charge on any atom is 0.0702 e. The number of nitrogens with one attached hydrogen (secondary N) is 1. The molecule has 1 heterocycles. The molecule has 21 heavy (non-hydrogen) atoms. The van der Waals surface area contributed by atoms with Crippen molar-refractivity contribution in [3.05, 3.63) is 66.4 Å². The predicted octanol–water partition coefficient (Wildman–Crippen LogP) is 4.40. The van der Waals surface area contributed by atoms with Crippen molar-refractivity contribution in [3.8, 4) is 11.1 Å². The number of nitrogens with zero attached hydrogens (tertiary/aromatic N) is 1. The van der Waals surface area contributed by atoms with Gasteiger partial charge in [-0.05, 0) is 34.9 Å². The Labute approximate surface area is 125 Å². The number of benzene rings is 2. The van der Waals surface area contributed by atoms with Crippen molar-refractivity contribution >= 4 is 10.9 Å². The van der Waals surface area contributed by atoms with E-state index in [1.165, 1.54) is 22.1 Å². The first kappa shape index (κ1) is 13.8. The standard InChI is InChI=1S/C19H20N2/c1-14(2)21-13-15-5-7-16(8-6-15)17-9-10-19-18(12-17)4-3-11-20-19/h3-12,14,21H,13H2,1-2H3. The Balaban J connectivity index is 1.85. The minimum Gasteiger partial charge on any atom is -0.310 e. The van der Waals surface area contributed by atoms with Crippen LogP contribution >= 0.6 is 0 Å². The predicted molar refractivity (Wildman–Crippen MR) is 89.2 cm³/mol. The van der Waals surface area contributed by atoms with Crippen molar-refractivity contribution in [2.75, 3.05) is 0 Å². The zero-order chi connectivity index (χ0) is 14.7. The van der Waals surface area contributed by atoms with Crippen molar-refractivity contribution < 1.29 is 0 Å². The largest absolute Gasteiger partial charge is 0.310 e. The van der Waals surface area contributed by atoms with Gasteiger partial charge in [0.15, 0.2) is 0 Å². The summed E-state index contributed by atoms with van der Waals surface area (Å²) in [7, 11) is 0. The monoisotopic (exact) mass is 276 g/mol. The lowest BCUT2D eigenvalue weighted by Gasteiger charge is -2.09. The highest BCUT2D eigenvalue weighted by Crippen LogP contribution is 2.23. The minimum absolute atomic E-state index is 0.512. The van der Waals surface area contributed by atoms with Gasteiger partial charge < -0.3 is 5.32 Å². The fraction of sp³-hybridized carbons (Fsp3) is 0.211. The van der Waals surface area contributed by atoms with Gasteiger partial charge in [-0.3, -0.25) is 4.98 Å². The fourth-order valence-electron chi connectivity index (χ4n) is 2.39. The summed E-state index contributed by atoms with van der Waals surface area (Å²) in [4.78, 5) is 4.36. The summed E-state index contributed by atoms with van der Waals surface area (Å²) in [6.07, 6.45) is 1.83. The molecule has 2 aromatic carbocycles. The Hall–Kier alpha value is -2.19. The molecule has 2 heteroatoms. The lowest BCUT2D eigenvalue weighted by molar-refractivity contribution is 0.589. The van der Waals surface area contributed by atoms with Crippen LogP contribution < -0.4 is 5.32 Å². The normalized spacial score (nSPS) is 11.2. The molecule has 0 bridgehead atoms. The van der Waals surface area contributed by atoms with Crippen LogP contribution in [0.3, 0.4) is 0 Å². The van der Waals surface area contributed by atoms with E-state index in [2.05, 4.69) is 72.7 Å². The van der Waals surface area contributed by atoms with Gasteiger partial charge in [0.05, 0.1) is 5.52 Å². The van der Waals surface area contributed by atoms with Crippen LogP contribution in [-0.2, 0) is 6.54 Å². The van der Waals surface area contributed by atoms with Crippen molar-refractivity contribution in [1.29, 1.82) is 0 Å². The van der Waals surface area contributed by atoms with E-state index < -0.39 is 0 Å². The molecule has 2 nitrogen and oxygen atoms in total. The average molecular weight is 276 g/mol. The molecule has 0 atom stereocenters. The van der Waals surface area contributed by atoms with Gasteiger partial charge in [0.25, 0.3) is 0 Å². The van der Waals surface area contributed by atoms with E-state index in [-0.39, 0.29) is 0 Å². The molecule has 106 valence electrons. The summed E-state index contributed by atoms with van der Waals surface area (Å²) in [5.74, 6) is 0. The molecule has 0 aliphatic rings. The van der Waals surface area contributed by atoms with Crippen molar-refractivity contribution in [3.63, 3.8) is 0 Å². The maximum atomic E-state index is 4.36. The third kappa shape index (κ3) is 3.29. The highest BCUT2D eigenvalue weighted by Gasteiger charge is 2.01. The molecular formula is C19H20N2. The van der Waals surface area contributed by atoms with Gasteiger partial charge >= 0.3 is 0 Å². The second-order valence-corrected chi connectivity index (χ2v) is 5.64. The third-order valence-corrected chi connectivity index (χ3v) is 3.60. The van der Waals surface area contributed by atoms with E-state index >= 15 is 0 Å². The summed E-state index contributed by atoms with van der Waals surface area (Å²) < 4.78 is 0. The summed E-state index contributed by atoms with van der Waals surface area (Å²) in [5, 5.41) is 4.62. The molecule has 0 aliphatic carbocycles. The van der Waals surface area contributed by atoms with Crippen LogP contribution in [0.15, 0.2) is 60.8 Å². The molecule has 1 N–H and O–H groups in total. The van der Waals surface area contributed by atoms with Gasteiger partial charge in [0.2, 0.25) is 0 Å². The first-order valence-electron chi connectivity index (χ1n) is 7.40. The maximum absolute atomic E-state index is 4.36. The van der Waals surface area contributed by atoms with E-state index in [1.807, 2.05) is 12.3 Å². The Morgan fingerprint density at radius 2 is 1.71 bits per heavy atom. The Morgan fingerprint density at radius 3 is 2.48 bits per heavy atom. The van der Waals surface area contributed by atoms with Gasteiger partial charge in [-0.25, -0.2) is 0 Å². The van der Waals surface area contributed by atoms with Crippen molar-refractivity contribution in [2.24, 2.45) is 0 Å². The van der Waals surface area contributed by atoms with Gasteiger partial charge in [0, 0.05) is 24.2 Å². The van der Waals surface area contributed by atoms with Crippen LogP contribution in [0.2, 0.25) is 0 Å². The van der Waals surface area contributed by atoms with Gasteiger partial charge in [-0.15, -0.1) is 0 Å². The van der Waals surface area contributed by atoms with E-state index in [4.69, 9.17) is 0 Å². The van der Waals surface area contributed by atoms with E-state index in [0.29, 0.717) is 6.04 Å². The fourth-order valence-corrected chi connectivity index (χ4v) is 2.39. The Kier molecular flexibility index (Phi) is 3.98. The molecule has 0 aliphatic heterocycles. The number of rotatable bonds is 4. The van der Waals surface area contributed by atoms with Crippen LogP contribution in [-0.4, -0.2) is 11.0 Å². The summed E-state index contributed by atoms with van der Waals surface area (Å²) >= 11 is 0. The van der Waals surface area contributed by atoms with Crippen LogP contribution in [0.4, 0.5) is 0 Å². The Morgan fingerprint density at radius 1 is 0.952 bits per heavy atom. The molecule has 3 aromatic rings. The molecule has 0 saturated carbocycles. The molecule has 0 saturated heterocycles. The topological polar surface area (TPSA) is 24.9 Å². The smallest absolute Gasteiger partial charge is 0.0702 e. The second kappa shape index (κ2) is 6.06. The summed E-state index contributed by atoms with van der Waals surface area (Å²) in [6.45, 7) is 5.24. The number of hydrogen-bond acceptors (Lipinski definition) is 2. The molecule has 3 rings (SSSR count). The molecule has 0 fully saturated rings. The van der Waals surface area contributed by atoms with E-state index in [9.17, 15) is 0 Å². The van der Waals surface area contributed by atoms with Crippen molar-refractivity contribution in [1.82, 2.24) is 10.3 Å². The number of aromatic nitrogens is 1. The summed E-state index contributed by atoms with van der Waals surface area (Å²) in [5.41, 5.74) is 4.84. The quantitative estimate of drug-likeness (QED) is 0.764. The van der Waals surface area contributed by atoms with Crippen molar-refractivity contribution in [2.45, 2.75) is 26.4 Å². The van der Waals surface area contributed by atoms with Crippen LogP contribution in [0.1, 0.15) is 19.4 Å². The zero-order valence-corrected chi connectivity index (χ0v) is 12.5. The van der Waals surface area contributed by atoms with Crippen LogP contribution in [0, 0.1) is 0 Å². The van der Waals surface area contributed by atoms with Gasteiger partial charge in [-0.1, -0.05) is 50.2 Å². The average Bonchev–Trinajstić information content (AvgIpc) is 2.53. The molecular weight excluding hydrogens is 256 g/mol. The highest BCUT2D eigenvalue weighted by atomic mass is 14.9. The summed E-state index contributed by atoms with van der Waals surface area (Å²) in [6, 6.07) is 19.8. The molecule has 0 radical (unpaired) electrons. The molecule has 0 unspecified atom stereocenters. The van der Waals surface area contributed by atoms with E-state index in [1.54, 1.807) is 0 Å². The van der Waals surface area contributed by atoms with E-state index in [0.717, 1.165) is 12.1 Å². The molecule has 0 amide bonds. The Bertz CT molecular complexity index is 730. The van der Waals surface area contributed by atoms with Crippen LogP contribution in [0.25, 0.3) is 22.0 Å². The van der Waals surface area contributed by atoms with Crippen LogP contribution in [0.5, 0.6) is 0 Å². The first-order chi connectivity index (χ1) is 10.2. The SMILES string of the molecule is CC(C)NCc1ccc(-c2ccc3ncccc3c2)cc1. The number of pyridine rings is 1. The lowest BCUT2D eigenvalue weighted by Crippen LogP contribution is -2.21. The third-order valence-electron chi connectivity index (χ3n) is 3.60. The molecule has 0 spiro atoms. The molecule has 1 aromatic heterocycles. The minimum atomic E-state index is 0.512. The number of hydrogen-bond donors (Lipinski definition) is 1. The van der Waals surface area contributed by atoms with Gasteiger partial charge in [-0.2, -0.15) is 0 Å². The number of fused-ring (bicyclic) bond motifs is 1. The first-order valence-corrected chi connectivity index (χ1v) is 7.40. The zero-order valence-electron chi connectivity index (χ0n) is 12.5. The highest BCUT2D eigenvalue weighted by molar-refractivity contribution is 5.84. The second-order valence-electron chi connectivity index (χ2n) is 5.64. The lowest BCUT2D eigenvalue weighted by atomic mass is 10.0.